The summed E-state index contributed by atoms with van der Waals surface area (Å²) < 4.78 is 5.29. The number of benzene rings is 1. The van der Waals surface area contributed by atoms with Crippen LogP contribution in [-0.2, 0) is 13.1 Å². The van der Waals surface area contributed by atoms with E-state index in [0.717, 1.165) is 34.5 Å². The Morgan fingerprint density at radius 3 is 2.52 bits per heavy atom. The molecule has 2 N–H and O–H groups in total. The summed E-state index contributed by atoms with van der Waals surface area (Å²) >= 11 is 1.72. The van der Waals surface area contributed by atoms with Crippen LogP contribution in [0, 0.1) is 20.8 Å². The van der Waals surface area contributed by atoms with Crippen molar-refractivity contribution in [2.75, 3.05) is 14.2 Å². The molecule has 2 rings (SSSR count). The topological polar surface area (TPSA) is 58.5 Å². The molecule has 0 aliphatic rings. The number of methoxy groups -OCH3 is 1. The third-order valence-electron chi connectivity index (χ3n) is 3.56. The fourth-order valence-corrected chi connectivity index (χ4v) is 3.24. The first-order valence-electron chi connectivity index (χ1n) is 7.54. The molecule has 1 aromatic carbocycles. The SMILES string of the molecule is CN=C(NCc1ccc(OC)c(C)c1)NCc1sc(C)nc1C. The lowest BCUT2D eigenvalue weighted by molar-refractivity contribution is 0.411. The van der Waals surface area contributed by atoms with Crippen molar-refractivity contribution in [3.63, 3.8) is 0 Å². The molecule has 0 saturated carbocycles. The zero-order valence-corrected chi connectivity index (χ0v) is 15.2. The van der Waals surface area contributed by atoms with Gasteiger partial charge in [-0.05, 0) is 38.0 Å². The second-order valence-corrected chi connectivity index (χ2v) is 6.61. The molecule has 124 valence electrons. The second kappa shape index (κ2) is 7.97. The van der Waals surface area contributed by atoms with Gasteiger partial charge in [0.25, 0.3) is 0 Å². The molecule has 0 aliphatic carbocycles. The van der Waals surface area contributed by atoms with Gasteiger partial charge in [-0.2, -0.15) is 0 Å². The number of rotatable bonds is 5. The van der Waals surface area contributed by atoms with E-state index < -0.39 is 0 Å². The Balaban J connectivity index is 1.90. The van der Waals surface area contributed by atoms with E-state index in [0.29, 0.717) is 6.54 Å². The summed E-state index contributed by atoms with van der Waals surface area (Å²) in [4.78, 5) is 9.95. The number of hydrogen-bond donors (Lipinski definition) is 2. The quantitative estimate of drug-likeness (QED) is 0.653. The van der Waals surface area contributed by atoms with Crippen molar-refractivity contribution in [2.45, 2.75) is 33.9 Å². The Bertz CT molecular complexity index is 694. The minimum absolute atomic E-state index is 0.714. The Labute approximate surface area is 141 Å². The van der Waals surface area contributed by atoms with Gasteiger partial charge in [0, 0.05) is 18.5 Å². The number of hydrogen-bond acceptors (Lipinski definition) is 4. The van der Waals surface area contributed by atoms with Crippen LogP contribution in [0.25, 0.3) is 0 Å². The molecule has 0 aliphatic heterocycles. The first-order valence-corrected chi connectivity index (χ1v) is 8.36. The Morgan fingerprint density at radius 2 is 1.96 bits per heavy atom. The average molecular weight is 332 g/mol. The molecule has 0 bridgehead atoms. The number of aliphatic imine (C=N–C) groups is 1. The van der Waals surface area contributed by atoms with Gasteiger partial charge in [0.2, 0.25) is 0 Å². The maximum Gasteiger partial charge on any atom is 0.191 e. The second-order valence-electron chi connectivity index (χ2n) is 5.32. The number of nitrogens with zero attached hydrogens (tertiary/aromatic N) is 2. The van der Waals surface area contributed by atoms with Crippen molar-refractivity contribution in [3.05, 3.63) is 44.9 Å². The molecule has 6 heteroatoms. The Kier molecular flexibility index (Phi) is 5.98. The van der Waals surface area contributed by atoms with Crippen LogP contribution < -0.4 is 15.4 Å². The number of ether oxygens (including phenoxy) is 1. The normalized spacial score (nSPS) is 11.4. The zero-order chi connectivity index (χ0) is 16.8. The van der Waals surface area contributed by atoms with Gasteiger partial charge < -0.3 is 15.4 Å². The molecular formula is C17H24N4OS. The molecule has 0 atom stereocenters. The molecule has 0 amide bonds. The van der Waals surface area contributed by atoms with Gasteiger partial charge in [0.1, 0.15) is 5.75 Å². The lowest BCUT2D eigenvalue weighted by atomic mass is 10.1. The summed E-state index contributed by atoms with van der Waals surface area (Å²) in [7, 11) is 3.47. The highest BCUT2D eigenvalue weighted by Gasteiger charge is 2.06. The fraction of sp³-hybridized carbons (Fsp3) is 0.412. The van der Waals surface area contributed by atoms with E-state index in [2.05, 4.69) is 32.7 Å². The van der Waals surface area contributed by atoms with E-state index >= 15 is 0 Å². The van der Waals surface area contributed by atoms with E-state index in [1.165, 1.54) is 10.4 Å². The van der Waals surface area contributed by atoms with Gasteiger partial charge >= 0.3 is 0 Å². The van der Waals surface area contributed by atoms with E-state index in [1.54, 1.807) is 25.5 Å². The monoisotopic (exact) mass is 332 g/mol. The van der Waals surface area contributed by atoms with Crippen LogP contribution in [0.15, 0.2) is 23.2 Å². The van der Waals surface area contributed by atoms with Crippen LogP contribution in [0.1, 0.15) is 26.7 Å². The first-order chi connectivity index (χ1) is 11.0. The molecule has 23 heavy (non-hydrogen) atoms. The highest BCUT2D eigenvalue weighted by molar-refractivity contribution is 7.11. The molecule has 1 heterocycles. The Morgan fingerprint density at radius 1 is 1.22 bits per heavy atom. The molecule has 2 aromatic rings. The summed E-state index contributed by atoms with van der Waals surface area (Å²) in [6.07, 6.45) is 0. The van der Waals surface area contributed by atoms with E-state index in [9.17, 15) is 0 Å². The predicted octanol–water partition coefficient (Wildman–Crippen LogP) is 2.94. The zero-order valence-electron chi connectivity index (χ0n) is 14.4. The van der Waals surface area contributed by atoms with Crippen molar-refractivity contribution in [3.8, 4) is 5.75 Å². The maximum atomic E-state index is 5.29. The van der Waals surface area contributed by atoms with Gasteiger partial charge in [-0.3, -0.25) is 4.99 Å². The summed E-state index contributed by atoms with van der Waals surface area (Å²) in [5, 5.41) is 7.75. The van der Waals surface area contributed by atoms with E-state index in [-0.39, 0.29) is 0 Å². The predicted molar refractivity (Wildman–Crippen MR) is 96.4 cm³/mol. The summed E-state index contributed by atoms with van der Waals surface area (Å²) in [5.41, 5.74) is 3.41. The molecule has 5 nitrogen and oxygen atoms in total. The van der Waals surface area contributed by atoms with E-state index in [4.69, 9.17) is 4.74 Å². The minimum Gasteiger partial charge on any atom is -0.496 e. The van der Waals surface area contributed by atoms with Gasteiger partial charge in [0.15, 0.2) is 5.96 Å². The third-order valence-corrected chi connectivity index (χ3v) is 4.63. The smallest absolute Gasteiger partial charge is 0.191 e. The van der Waals surface area contributed by atoms with Gasteiger partial charge in [-0.1, -0.05) is 12.1 Å². The van der Waals surface area contributed by atoms with Crippen molar-refractivity contribution in [1.82, 2.24) is 15.6 Å². The van der Waals surface area contributed by atoms with Gasteiger partial charge in [-0.15, -0.1) is 11.3 Å². The maximum absolute atomic E-state index is 5.29. The lowest BCUT2D eigenvalue weighted by Crippen LogP contribution is -2.36. The number of aromatic nitrogens is 1. The molecule has 0 radical (unpaired) electrons. The molecular weight excluding hydrogens is 308 g/mol. The van der Waals surface area contributed by atoms with Gasteiger partial charge in [-0.25, -0.2) is 4.98 Å². The third kappa shape index (κ3) is 4.69. The highest BCUT2D eigenvalue weighted by atomic mass is 32.1. The van der Waals surface area contributed by atoms with E-state index in [1.807, 2.05) is 26.8 Å². The highest BCUT2D eigenvalue weighted by Crippen LogP contribution is 2.18. The van der Waals surface area contributed by atoms with Crippen LogP contribution in [0.2, 0.25) is 0 Å². The molecule has 1 aromatic heterocycles. The van der Waals surface area contributed by atoms with Crippen molar-refractivity contribution >= 4 is 17.3 Å². The van der Waals surface area contributed by atoms with Crippen LogP contribution in [-0.4, -0.2) is 25.1 Å². The number of guanidine groups is 1. The molecule has 0 unspecified atom stereocenters. The molecule has 0 spiro atoms. The summed E-state index contributed by atoms with van der Waals surface area (Å²) in [6.45, 7) is 7.56. The molecule has 0 fully saturated rings. The fourth-order valence-electron chi connectivity index (χ4n) is 2.36. The number of thiazole rings is 1. The number of nitrogens with one attached hydrogen (secondary N) is 2. The summed E-state index contributed by atoms with van der Waals surface area (Å²) in [6, 6.07) is 6.17. The van der Waals surface area contributed by atoms with Crippen LogP contribution in [0.5, 0.6) is 5.75 Å². The van der Waals surface area contributed by atoms with Crippen LogP contribution in [0.4, 0.5) is 0 Å². The van der Waals surface area contributed by atoms with Crippen molar-refractivity contribution < 1.29 is 4.74 Å². The molecule has 0 saturated heterocycles. The first kappa shape index (κ1) is 17.3. The van der Waals surface area contributed by atoms with Crippen molar-refractivity contribution in [1.29, 1.82) is 0 Å². The summed E-state index contributed by atoms with van der Waals surface area (Å²) in [5.74, 6) is 1.69. The minimum atomic E-state index is 0.714. The van der Waals surface area contributed by atoms with Crippen molar-refractivity contribution in [2.24, 2.45) is 4.99 Å². The average Bonchev–Trinajstić information content (AvgIpc) is 2.85. The van der Waals surface area contributed by atoms with Gasteiger partial charge in [0.05, 0.1) is 24.4 Å². The lowest BCUT2D eigenvalue weighted by Gasteiger charge is -2.12. The largest absolute Gasteiger partial charge is 0.496 e. The van der Waals surface area contributed by atoms with Crippen LogP contribution in [0.3, 0.4) is 0 Å². The Hall–Kier alpha value is -2.08. The number of aryl methyl sites for hydroxylation is 3. The van der Waals surface area contributed by atoms with Crippen LogP contribution >= 0.6 is 11.3 Å². The standard InChI is InChI=1S/C17H24N4OS/c1-11-8-14(6-7-15(11)22-5)9-19-17(18-4)20-10-16-12(2)21-13(3)23-16/h6-8H,9-10H2,1-5H3,(H2,18,19,20).